The van der Waals surface area contributed by atoms with Crippen molar-refractivity contribution in [1.82, 2.24) is 4.90 Å². The first kappa shape index (κ1) is 17.8. The third-order valence-corrected chi connectivity index (χ3v) is 5.06. The molecule has 0 saturated heterocycles. The fraction of sp³-hybridized carbons (Fsp3) is 0.250. The predicted molar refractivity (Wildman–Crippen MR) is 92.8 cm³/mol. The van der Waals surface area contributed by atoms with E-state index in [1.54, 1.807) is 30.2 Å². The molecule has 10 heteroatoms. The molecule has 3 rings (SSSR count). The molecule has 0 spiro atoms. The molecule has 2 aliphatic rings. The minimum Gasteiger partial charge on any atom is -0.454 e. The molecule has 0 radical (unpaired) electrons. The number of nitro benzene ring substituents is 1. The molecule has 0 aromatic heterocycles. The Morgan fingerprint density at radius 2 is 2.19 bits per heavy atom. The number of non-ortho nitro benzene ring substituents is 1. The lowest BCUT2D eigenvalue weighted by Crippen LogP contribution is -2.40. The predicted octanol–water partition coefficient (Wildman–Crippen LogP) is 1.70. The van der Waals surface area contributed by atoms with Gasteiger partial charge in [-0.1, -0.05) is 12.1 Å². The minimum absolute atomic E-state index is 0.0213. The number of ether oxygens (including phenoxy) is 1. The van der Waals surface area contributed by atoms with Crippen LogP contribution in [0.2, 0.25) is 0 Å². The van der Waals surface area contributed by atoms with Crippen LogP contribution in [0, 0.1) is 10.1 Å². The first-order valence-corrected chi connectivity index (χ1v) is 9.31. The topological polar surface area (TPSA) is 119 Å². The maximum absolute atomic E-state index is 12.5. The van der Waals surface area contributed by atoms with Crippen molar-refractivity contribution in [3.63, 3.8) is 0 Å². The van der Waals surface area contributed by atoms with Gasteiger partial charge in [0.25, 0.3) is 15.7 Å². The highest BCUT2D eigenvalue weighted by molar-refractivity contribution is 7.90. The summed E-state index contributed by atoms with van der Waals surface area (Å²) in [6.45, 7) is 1.77. The fourth-order valence-electron chi connectivity index (χ4n) is 2.56. The standard InChI is InChI=1S/C16H15N3O6S/c1-11(12-4-2-5-13(10-12)19(21)22)25-16(20)14-6-3-7-18-8-9-26(23,24)17-15(14)18/h2-7,10-11H,8-9H2,1H3/t11-/m1/s1. The number of esters is 1. The van der Waals surface area contributed by atoms with Crippen molar-refractivity contribution in [3.8, 4) is 0 Å². The third-order valence-electron chi connectivity index (χ3n) is 3.91. The monoisotopic (exact) mass is 377 g/mol. The lowest BCUT2D eigenvalue weighted by atomic mass is 10.1. The maximum atomic E-state index is 12.5. The number of rotatable bonds is 4. The van der Waals surface area contributed by atoms with Crippen LogP contribution in [0.1, 0.15) is 18.6 Å². The van der Waals surface area contributed by atoms with Crippen molar-refractivity contribution >= 4 is 27.5 Å². The lowest BCUT2D eigenvalue weighted by molar-refractivity contribution is -0.385. The Hall–Kier alpha value is -3.01. The SMILES string of the molecule is C[C@@H](OC(=O)C1=CC=CN2CCS(=O)(=O)N=C12)c1cccc([N+](=O)[O-])c1. The summed E-state index contributed by atoms with van der Waals surface area (Å²) in [6.07, 6.45) is 3.90. The first-order chi connectivity index (χ1) is 12.3. The van der Waals surface area contributed by atoms with Gasteiger partial charge in [-0.15, -0.1) is 4.40 Å². The van der Waals surface area contributed by atoms with E-state index in [-0.39, 0.29) is 29.4 Å². The zero-order valence-corrected chi connectivity index (χ0v) is 14.5. The second kappa shape index (κ2) is 6.71. The van der Waals surface area contributed by atoms with Crippen molar-refractivity contribution in [1.29, 1.82) is 0 Å². The average molecular weight is 377 g/mol. The Kier molecular flexibility index (Phi) is 4.60. The van der Waals surface area contributed by atoms with Crippen molar-refractivity contribution in [3.05, 3.63) is 63.9 Å². The number of allylic oxidation sites excluding steroid dienone is 2. The average Bonchev–Trinajstić information content (AvgIpc) is 2.60. The van der Waals surface area contributed by atoms with Gasteiger partial charge in [-0.3, -0.25) is 10.1 Å². The van der Waals surface area contributed by atoms with Gasteiger partial charge in [0.2, 0.25) is 0 Å². The normalized spacial score (nSPS) is 19.0. The molecule has 9 nitrogen and oxygen atoms in total. The van der Waals surface area contributed by atoms with Crippen LogP contribution >= 0.6 is 0 Å². The molecule has 0 aliphatic carbocycles. The molecule has 2 aliphatic heterocycles. The molecular weight excluding hydrogens is 362 g/mol. The van der Waals surface area contributed by atoms with Crippen LogP contribution in [0.25, 0.3) is 0 Å². The van der Waals surface area contributed by atoms with Gasteiger partial charge >= 0.3 is 5.97 Å². The number of amidine groups is 1. The number of benzene rings is 1. The van der Waals surface area contributed by atoms with Gasteiger partial charge < -0.3 is 9.64 Å². The van der Waals surface area contributed by atoms with E-state index in [4.69, 9.17) is 4.74 Å². The van der Waals surface area contributed by atoms with Gasteiger partial charge in [0, 0.05) is 24.9 Å². The Bertz CT molecular complexity index is 964. The summed E-state index contributed by atoms with van der Waals surface area (Å²) >= 11 is 0. The Balaban J connectivity index is 1.82. The van der Waals surface area contributed by atoms with E-state index < -0.39 is 27.0 Å². The van der Waals surface area contributed by atoms with Crippen LogP contribution in [-0.4, -0.2) is 42.3 Å². The van der Waals surface area contributed by atoms with Gasteiger partial charge in [-0.2, -0.15) is 0 Å². The summed E-state index contributed by atoms with van der Waals surface area (Å²) in [5.74, 6) is -0.864. The summed E-state index contributed by atoms with van der Waals surface area (Å²) in [5.41, 5.74) is 0.363. The van der Waals surface area contributed by atoms with Gasteiger partial charge in [-0.05, 0) is 24.6 Å². The van der Waals surface area contributed by atoms with E-state index in [0.29, 0.717) is 5.56 Å². The number of hydrogen-bond donors (Lipinski definition) is 0. The molecule has 1 aromatic rings. The van der Waals surface area contributed by atoms with Crippen molar-refractivity contribution in [2.75, 3.05) is 12.3 Å². The second-order valence-corrected chi connectivity index (χ2v) is 7.47. The van der Waals surface area contributed by atoms with Crippen LogP contribution < -0.4 is 0 Å². The van der Waals surface area contributed by atoms with Gasteiger partial charge in [-0.25, -0.2) is 13.2 Å². The van der Waals surface area contributed by atoms with E-state index in [9.17, 15) is 23.3 Å². The summed E-state index contributed by atoms with van der Waals surface area (Å²) < 4.78 is 32.5. The Labute approximate surface area is 149 Å². The molecule has 0 N–H and O–H groups in total. The van der Waals surface area contributed by atoms with E-state index in [1.807, 2.05) is 0 Å². The number of nitro groups is 1. The highest BCUT2D eigenvalue weighted by Crippen LogP contribution is 2.25. The Morgan fingerprint density at radius 3 is 2.92 bits per heavy atom. The highest BCUT2D eigenvalue weighted by atomic mass is 32.2. The quantitative estimate of drug-likeness (QED) is 0.445. The summed E-state index contributed by atoms with van der Waals surface area (Å²) in [7, 11) is -3.63. The molecular formula is C16H15N3O6S. The summed E-state index contributed by atoms with van der Waals surface area (Å²) in [5, 5.41) is 10.9. The molecule has 0 saturated carbocycles. The fourth-order valence-corrected chi connectivity index (χ4v) is 3.54. The van der Waals surface area contributed by atoms with E-state index in [1.165, 1.54) is 24.3 Å². The molecule has 0 fully saturated rings. The summed E-state index contributed by atoms with van der Waals surface area (Å²) in [6, 6.07) is 5.77. The first-order valence-electron chi connectivity index (χ1n) is 7.70. The van der Waals surface area contributed by atoms with Crippen LogP contribution in [0.5, 0.6) is 0 Å². The van der Waals surface area contributed by atoms with Crippen LogP contribution in [-0.2, 0) is 19.6 Å². The van der Waals surface area contributed by atoms with E-state index in [0.717, 1.165) is 0 Å². The number of carbonyl (C=O) groups excluding carboxylic acids is 1. The number of fused-ring (bicyclic) bond motifs is 1. The van der Waals surface area contributed by atoms with Crippen LogP contribution in [0.15, 0.2) is 52.6 Å². The van der Waals surface area contributed by atoms with E-state index in [2.05, 4.69) is 4.40 Å². The van der Waals surface area contributed by atoms with Crippen molar-refractivity contribution in [2.45, 2.75) is 13.0 Å². The van der Waals surface area contributed by atoms with Crippen LogP contribution in [0.3, 0.4) is 0 Å². The van der Waals surface area contributed by atoms with E-state index >= 15 is 0 Å². The summed E-state index contributed by atoms with van der Waals surface area (Å²) in [4.78, 5) is 24.4. The van der Waals surface area contributed by atoms with Gasteiger partial charge in [0.05, 0.1) is 10.7 Å². The molecule has 0 unspecified atom stereocenters. The minimum atomic E-state index is -3.63. The van der Waals surface area contributed by atoms with Gasteiger partial charge in [0.15, 0.2) is 5.84 Å². The molecule has 1 atom stereocenters. The van der Waals surface area contributed by atoms with Crippen LogP contribution in [0.4, 0.5) is 5.69 Å². The second-order valence-electron chi connectivity index (χ2n) is 5.72. The zero-order chi connectivity index (χ0) is 18.9. The highest BCUT2D eigenvalue weighted by Gasteiger charge is 2.31. The van der Waals surface area contributed by atoms with Gasteiger partial charge in [0.1, 0.15) is 11.7 Å². The smallest absolute Gasteiger partial charge is 0.342 e. The Morgan fingerprint density at radius 1 is 1.42 bits per heavy atom. The number of carbonyl (C=O) groups is 1. The largest absolute Gasteiger partial charge is 0.454 e. The molecule has 26 heavy (non-hydrogen) atoms. The third kappa shape index (κ3) is 3.64. The number of nitrogens with zero attached hydrogens (tertiary/aromatic N) is 3. The molecule has 1 aromatic carbocycles. The van der Waals surface area contributed by atoms with Crippen molar-refractivity contribution < 1.29 is 22.9 Å². The molecule has 0 bridgehead atoms. The lowest BCUT2D eigenvalue weighted by Gasteiger charge is -2.28. The molecule has 0 amide bonds. The molecule has 136 valence electrons. The number of hydrogen-bond acceptors (Lipinski definition) is 7. The molecule has 2 heterocycles. The van der Waals surface area contributed by atoms with Crippen molar-refractivity contribution in [2.24, 2.45) is 4.40 Å². The maximum Gasteiger partial charge on any atom is 0.342 e. The zero-order valence-electron chi connectivity index (χ0n) is 13.7. The number of sulfonamides is 1.